The summed E-state index contributed by atoms with van der Waals surface area (Å²) in [5.41, 5.74) is 5.65. The van der Waals surface area contributed by atoms with Gasteiger partial charge in [0.2, 0.25) is 0 Å². The first kappa shape index (κ1) is 27.2. The van der Waals surface area contributed by atoms with Crippen molar-refractivity contribution < 1.29 is 9.90 Å². The highest BCUT2D eigenvalue weighted by Crippen LogP contribution is 2.14. The Morgan fingerprint density at radius 2 is 1.38 bits per heavy atom. The number of hydrogen-bond acceptors (Lipinski definition) is 3. The van der Waals surface area contributed by atoms with Gasteiger partial charge in [0.25, 0.3) is 0 Å². The van der Waals surface area contributed by atoms with E-state index < -0.39 is 12.0 Å². The fourth-order valence-electron chi connectivity index (χ4n) is 2.67. The molecular weight excluding hydrogens is 380 g/mol. The van der Waals surface area contributed by atoms with Gasteiger partial charge in [-0.05, 0) is 73.1 Å². The van der Waals surface area contributed by atoms with Crippen molar-refractivity contribution in [2.75, 3.05) is 11.5 Å². The summed E-state index contributed by atoms with van der Waals surface area (Å²) in [4.78, 5) is 11.0. The fourth-order valence-corrected chi connectivity index (χ4v) is 3.68. The zero-order valence-corrected chi connectivity index (χ0v) is 19.7. The first-order valence-electron chi connectivity index (χ1n) is 10.4. The van der Waals surface area contributed by atoms with E-state index in [2.05, 4.69) is 64.2 Å². The van der Waals surface area contributed by atoms with Gasteiger partial charge < -0.3 is 10.4 Å². The maximum Gasteiger partial charge on any atom is 0.327 e. The van der Waals surface area contributed by atoms with Gasteiger partial charge in [-0.25, -0.2) is 4.79 Å². The Bertz CT molecular complexity index is 614. The standard InChI is InChI=1S/C24H40N2O2S/c1-19(2)9-6-10-20(3)11-7-12-21(4)13-8-14-22(5)15-16-29-17-23(24(27)28)26-18-25/h9,11,13,15,18,23H,6-8,10,12,14,16-17H2,1-5H3,(H2,25,26)(H,27,28)/b20-11+,21-13+,22-15+. The lowest BCUT2D eigenvalue weighted by Gasteiger charge is -2.10. The van der Waals surface area contributed by atoms with Crippen molar-refractivity contribution in [1.29, 1.82) is 5.41 Å². The third-order valence-electron chi connectivity index (χ3n) is 4.57. The largest absolute Gasteiger partial charge is 0.480 e. The predicted octanol–water partition coefficient (Wildman–Crippen LogP) is 6.52. The van der Waals surface area contributed by atoms with Crippen LogP contribution in [0.25, 0.3) is 0 Å². The van der Waals surface area contributed by atoms with Crippen LogP contribution in [0.3, 0.4) is 0 Å². The second-order valence-corrected chi connectivity index (χ2v) is 8.86. The van der Waals surface area contributed by atoms with Crippen molar-refractivity contribution in [2.45, 2.75) is 79.2 Å². The highest BCUT2D eigenvalue weighted by Gasteiger charge is 2.14. The van der Waals surface area contributed by atoms with Gasteiger partial charge in [0, 0.05) is 11.5 Å². The van der Waals surface area contributed by atoms with Crippen LogP contribution in [0.4, 0.5) is 0 Å². The summed E-state index contributed by atoms with van der Waals surface area (Å²) < 4.78 is 0. The lowest BCUT2D eigenvalue weighted by Crippen LogP contribution is -2.37. The van der Waals surface area contributed by atoms with Crippen molar-refractivity contribution in [1.82, 2.24) is 5.32 Å². The van der Waals surface area contributed by atoms with Crippen molar-refractivity contribution in [2.24, 2.45) is 0 Å². The van der Waals surface area contributed by atoms with Gasteiger partial charge in [-0.15, -0.1) is 0 Å². The first-order chi connectivity index (χ1) is 13.8. The summed E-state index contributed by atoms with van der Waals surface area (Å²) in [6.07, 6.45) is 16.7. The van der Waals surface area contributed by atoms with E-state index in [-0.39, 0.29) is 0 Å². The Morgan fingerprint density at radius 3 is 1.83 bits per heavy atom. The molecular formula is C24H40N2O2S. The first-order valence-corrected chi connectivity index (χ1v) is 11.6. The van der Waals surface area contributed by atoms with E-state index in [4.69, 9.17) is 10.5 Å². The predicted molar refractivity (Wildman–Crippen MR) is 129 cm³/mol. The molecule has 0 saturated heterocycles. The van der Waals surface area contributed by atoms with E-state index in [1.54, 1.807) is 11.8 Å². The van der Waals surface area contributed by atoms with Crippen LogP contribution in [0.15, 0.2) is 46.6 Å². The van der Waals surface area contributed by atoms with Gasteiger partial charge in [-0.2, -0.15) is 11.8 Å². The zero-order valence-electron chi connectivity index (χ0n) is 18.9. The Morgan fingerprint density at radius 1 is 0.897 bits per heavy atom. The summed E-state index contributed by atoms with van der Waals surface area (Å²) in [6, 6.07) is -0.693. The maximum absolute atomic E-state index is 11.0. The van der Waals surface area contributed by atoms with E-state index >= 15 is 0 Å². The molecule has 29 heavy (non-hydrogen) atoms. The number of carbonyl (C=O) groups is 1. The van der Waals surface area contributed by atoms with Gasteiger partial charge in [0.15, 0.2) is 0 Å². The fraction of sp³-hybridized carbons (Fsp3) is 0.583. The summed E-state index contributed by atoms with van der Waals surface area (Å²) in [6.45, 7) is 10.9. The lowest BCUT2D eigenvalue weighted by atomic mass is 10.0. The zero-order chi connectivity index (χ0) is 22.1. The van der Waals surface area contributed by atoms with E-state index in [0.717, 1.165) is 50.6 Å². The molecule has 0 aromatic heterocycles. The molecule has 0 spiro atoms. The Hall–Kier alpha value is -1.75. The summed E-state index contributed by atoms with van der Waals surface area (Å²) in [5, 5.41) is 18.5. The number of nitrogens with one attached hydrogen (secondary N) is 2. The molecule has 0 heterocycles. The van der Waals surface area contributed by atoms with Crippen LogP contribution >= 0.6 is 11.8 Å². The number of carboxylic acids is 1. The molecule has 0 aliphatic rings. The summed E-state index contributed by atoms with van der Waals surface area (Å²) in [7, 11) is 0. The minimum atomic E-state index is -0.916. The van der Waals surface area contributed by atoms with E-state index in [1.165, 1.54) is 22.3 Å². The third kappa shape index (κ3) is 16.9. The topological polar surface area (TPSA) is 73.2 Å². The van der Waals surface area contributed by atoms with Crippen LogP contribution in [0, 0.1) is 5.41 Å². The van der Waals surface area contributed by atoms with E-state index in [1.807, 2.05) is 0 Å². The summed E-state index contributed by atoms with van der Waals surface area (Å²) >= 11 is 1.57. The quantitative estimate of drug-likeness (QED) is 0.115. The Balaban J connectivity index is 4.07. The van der Waals surface area contributed by atoms with Crippen LogP contribution in [0.5, 0.6) is 0 Å². The molecule has 0 rings (SSSR count). The molecule has 0 saturated carbocycles. The van der Waals surface area contributed by atoms with Crippen LogP contribution < -0.4 is 5.32 Å². The van der Waals surface area contributed by atoms with Crippen molar-refractivity contribution in [3.8, 4) is 0 Å². The monoisotopic (exact) mass is 420 g/mol. The number of allylic oxidation sites excluding steroid dienone is 7. The van der Waals surface area contributed by atoms with Crippen LogP contribution in [0.2, 0.25) is 0 Å². The number of rotatable bonds is 16. The highest BCUT2D eigenvalue weighted by atomic mass is 32.2. The Labute approximate surface area is 182 Å². The van der Waals surface area contributed by atoms with E-state index in [0.29, 0.717) is 5.75 Å². The molecule has 0 aromatic rings. The smallest absolute Gasteiger partial charge is 0.327 e. The number of thioether (sulfide) groups is 1. The second-order valence-electron chi connectivity index (χ2n) is 7.79. The molecule has 3 N–H and O–H groups in total. The van der Waals surface area contributed by atoms with Crippen LogP contribution in [-0.2, 0) is 4.79 Å². The lowest BCUT2D eigenvalue weighted by molar-refractivity contribution is -0.138. The SMILES string of the molecule is CC(C)=CCC/C(C)=C/CC/C(C)=C/CC/C(C)=C/CSCC(NC=N)C(=O)O. The molecule has 0 bridgehead atoms. The van der Waals surface area contributed by atoms with Gasteiger partial charge >= 0.3 is 5.97 Å². The molecule has 1 unspecified atom stereocenters. The molecule has 0 aliphatic carbocycles. The average molecular weight is 421 g/mol. The minimum Gasteiger partial charge on any atom is -0.480 e. The molecule has 0 amide bonds. The van der Waals surface area contributed by atoms with Gasteiger partial charge in [-0.1, -0.05) is 46.6 Å². The van der Waals surface area contributed by atoms with Gasteiger partial charge in [0.05, 0.1) is 6.34 Å². The van der Waals surface area contributed by atoms with E-state index in [9.17, 15) is 4.79 Å². The molecule has 5 heteroatoms. The number of aliphatic carboxylic acids is 1. The van der Waals surface area contributed by atoms with Gasteiger partial charge in [0.1, 0.15) is 6.04 Å². The molecule has 1 atom stereocenters. The third-order valence-corrected chi connectivity index (χ3v) is 5.54. The molecule has 0 aromatic carbocycles. The van der Waals surface area contributed by atoms with Gasteiger partial charge in [-0.3, -0.25) is 5.41 Å². The molecule has 0 aliphatic heterocycles. The molecule has 164 valence electrons. The number of hydrogen-bond donors (Lipinski definition) is 3. The molecule has 0 fully saturated rings. The Kier molecular flexibility index (Phi) is 16.1. The van der Waals surface area contributed by atoms with Crippen LogP contribution in [-0.4, -0.2) is 35.0 Å². The van der Waals surface area contributed by atoms with Crippen molar-refractivity contribution in [3.63, 3.8) is 0 Å². The summed E-state index contributed by atoms with van der Waals surface area (Å²) in [5.74, 6) is 0.337. The molecule has 4 nitrogen and oxygen atoms in total. The van der Waals surface area contributed by atoms with Crippen molar-refractivity contribution >= 4 is 24.1 Å². The maximum atomic E-state index is 11.0. The second kappa shape index (κ2) is 17.1. The molecule has 0 radical (unpaired) electrons. The normalized spacial score (nSPS) is 13.8. The highest BCUT2D eigenvalue weighted by molar-refractivity contribution is 7.99. The average Bonchev–Trinajstić information content (AvgIpc) is 2.63. The van der Waals surface area contributed by atoms with Crippen molar-refractivity contribution in [3.05, 3.63) is 46.6 Å². The number of carboxylic acid groups (broad SMARTS) is 1. The van der Waals surface area contributed by atoms with Crippen LogP contribution in [0.1, 0.15) is 73.1 Å². The minimum absolute atomic E-state index is 0.453.